The lowest BCUT2D eigenvalue weighted by Gasteiger charge is -2.19. The SMILES string of the molecule is CCCCCCCCCCCCCC=CC(O)C(CO)NC(=O)CC. The van der Waals surface area contributed by atoms with Crippen molar-refractivity contribution in [2.75, 3.05) is 6.61 Å². The summed E-state index contributed by atoms with van der Waals surface area (Å²) in [6.07, 6.45) is 18.7. The summed E-state index contributed by atoms with van der Waals surface area (Å²) in [7, 11) is 0. The molecule has 0 aromatic heterocycles. The van der Waals surface area contributed by atoms with E-state index >= 15 is 0 Å². The highest BCUT2D eigenvalue weighted by molar-refractivity contribution is 5.75. The average molecular weight is 356 g/mol. The van der Waals surface area contributed by atoms with Gasteiger partial charge >= 0.3 is 0 Å². The molecule has 2 atom stereocenters. The monoisotopic (exact) mass is 355 g/mol. The van der Waals surface area contributed by atoms with E-state index in [9.17, 15) is 15.0 Å². The minimum absolute atomic E-state index is 0.156. The first-order valence-electron chi connectivity index (χ1n) is 10.4. The maximum Gasteiger partial charge on any atom is 0.220 e. The number of amides is 1. The van der Waals surface area contributed by atoms with Crippen molar-refractivity contribution in [3.63, 3.8) is 0 Å². The summed E-state index contributed by atoms with van der Waals surface area (Å²) < 4.78 is 0. The van der Waals surface area contributed by atoms with Crippen molar-refractivity contribution in [3.8, 4) is 0 Å². The van der Waals surface area contributed by atoms with Crippen LogP contribution < -0.4 is 5.32 Å². The predicted octanol–water partition coefficient (Wildman–Crippen LogP) is 4.49. The van der Waals surface area contributed by atoms with Gasteiger partial charge in [0.1, 0.15) is 0 Å². The Kier molecular flexibility index (Phi) is 17.3. The van der Waals surface area contributed by atoms with Gasteiger partial charge in [0.25, 0.3) is 0 Å². The summed E-state index contributed by atoms with van der Waals surface area (Å²) in [5.74, 6) is -0.156. The van der Waals surface area contributed by atoms with E-state index in [-0.39, 0.29) is 12.5 Å². The second-order valence-corrected chi connectivity index (χ2v) is 6.95. The largest absolute Gasteiger partial charge is 0.394 e. The van der Waals surface area contributed by atoms with Crippen LogP contribution in [0.2, 0.25) is 0 Å². The fourth-order valence-electron chi connectivity index (χ4n) is 2.84. The Bertz CT molecular complexity index is 331. The molecule has 2 unspecified atom stereocenters. The Labute approximate surface area is 155 Å². The van der Waals surface area contributed by atoms with E-state index in [1.807, 2.05) is 6.08 Å². The average Bonchev–Trinajstić information content (AvgIpc) is 2.63. The van der Waals surface area contributed by atoms with Crippen molar-refractivity contribution < 1.29 is 15.0 Å². The molecule has 0 aromatic rings. The second kappa shape index (κ2) is 17.9. The van der Waals surface area contributed by atoms with Gasteiger partial charge in [0, 0.05) is 6.42 Å². The molecule has 0 heterocycles. The van der Waals surface area contributed by atoms with Gasteiger partial charge in [-0.1, -0.05) is 90.2 Å². The van der Waals surface area contributed by atoms with Crippen LogP contribution in [0.4, 0.5) is 0 Å². The molecule has 0 spiro atoms. The van der Waals surface area contributed by atoms with Crippen LogP contribution in [0, 0.1) is 0 Å². The van der Waals surface area contributed by atoms with Gasteiger partial charge in [0.15, 0.2) is 0 Å². The van der Waals surface area contributed by atoms with Crippen molar-refractivity contribution in [2.45, 2.75) is 109 Å². The Balaban J connectivity index is 3.54. The number of aliphatic hydroxyl groups is 2. The van der Waals surface area contributed by atoms with Gasteiger partial charge in [0.2, 0.25) is 5.91 Å². The standard InChI is InChI=1S/C21H41NO3/c1-3-5-6-7-8-9-10-11-12-13-14-15-16-17-20(24)19(18-23)22-21(25)4-2/h16-17,19-20,23-24H,3-15,18H2,1-2H3,(H,22,25). The van der Waals surface area contributed by atoms with E-state index in [0.717, 1.165) is 12.8 Å². The van der Waals surface area contributed by atoms with Crippen molar-refractivity contribution in [1.82, 2.24) is 5.32 Å². The number of carbonyl (C=O) groups is 1. The van der Waals surface area contributed by atoms with E-state index in [2.05, 4.69) is 12.2 Å². The summed E-state index contributed by atoms with van der Waals surface area (Å²) >= 11 is 0. The molecule has 0 aliphatic rings. The molecule has 0 bridgehead atoms. The molecule has 0 aromatic carbocycles. The lowest BCUT2D eigenvalue weighted by molar-refractivity contribution is -0.122. The molecular weight excluding hydrogens is 314 g/mol. The van der Waals surface area contributed by atoms with Crippen LogP contribution in [-0.2, 0) is 4.79 Å². The molecule has 25 heavy (non-hydrogen) atoms. The zero-order valence-corrected chi connectivity index (χ0v) is 16.5. The molecule has 3 N–H and O–H groups in total. The first-order chi connectivity index (χ1) is 12.2. The number of hydrogen-bond donors (Lipinski definition) is 3. The summed E-state index contributed by atoms with van der Waals surface area (Å²) in [6, 6.07) is -0.610. The van der Waals surface area contributed by atoms with Gasteiger partial charge in [-0.2, -0.15) is 0 Å². The first-order valence-corrected chi connectivity index (χ1v) is 10.4. The van der Waals surface area contributed by atoms with Gasteiger partial charge in [-0.15, -0.1) is 0 Å². The first kappa shape index (κ1) is 24.1. The van der Waals surface area contributed by atoms with Crippen molar-refractivity contribution in [3.05, 3.63) is 12.2 Å². The lowest BCUT2D eigenvalue weighted by atomic mass is 10.0. The van der Waals surface area contributed by atoms with E-state index in [1.54, 1.807) is 13.0 Å². The maximum atomic E-state index is 11.3. The Morgan fingerprint density at radius 3 is 1.92 bits per heavy atom. The van der Waals surface area contributed by atoms with E-state index in [4.69, 9.17) is 0 Å². The van der Waals surface area contributed by atoms with Gasteiger partial charge in [-0.25, -0.2) is 0 Å². The van der Waals surface area contributed by atoms with Crippen LogP contribution in [0.1, 0.15) is 97.3 Å². The molecule has 1 amide bonds. The lowest BCUT2D eigenvalue weighted by Crippen LogP contribution is -2.44. The van der Waals surface area contributed by atoms with Crippen LogP contribution >= 0.6 is 0 Å². The van der Waals surface area contributed by atoms with Crippen LogP contribution in [0.15, 0.2) is 12.2 Å². The smallest absolute Gasteiger partial charge is 0.220 e. The van der Waals surface area contributed by atoms with Gasteiger partial charge < -0.3 is 15.5 Å². The van der Waals surface area contributed by atoms with Crippen molar-refractivity contribution in [2.24, 2.45) is 0 Å². The van der Waals surface area contributed by atoms with Gasteiger partial charge in [-0.05, 0) is 12.8 Å². The third-order valence-corrected chi connectivity index (χ3v) is 4.58. The minimum atomic E-state index is -0.826. The van der Waals surface area contributed by atoms with Crippen LogP contribution in [0.3, 0.4) is 0 Å². The molecular formula is C21H41NO3. The van der Waals surface area contributed by atoms with E-state index in [0.29, 0.717) is 6.42 Å². The van der Waals surface area contributed by atoms with Crippen LogP contribution in [0.5, 0.6) is 0 Å². The fraction of sp³-hybridized carbons (Fsp3) is 0.857. The minimum Gasteiger partial charge on any atom is -0.394 e. The molecule has 0 fully saturated rings. The van der Waals surface area contributed by atoms with E-state index in [1.165, 1.54) is 64.2 Å². The number of hydrogen-bond acceptors (Lipinski definition) is 3. The Hall–Kier alpha value is -0.870. The zero-order valence-electron chi connectivity index (χ0n) is 16.5. The molecule has 0 radical (unpaired) electrons. The highest BCUT2D eigenvalue weighted by Crippen LogP contribution is 2.12. The molecule has 4 nitrogen and oxygen atoms in total. The quantitative estimate of drug-likeness (QED) is 0.266. The number of nitrogens with one attached hydrogen (secondary N) is 1. The fourth-order valence-corrected chi connectivity index (χ4v) is 2.84. The van der Waals surface area contributed by atoms with Crippen LogP contribution in [0.25, 0.3) is 0 Å². The third kappa shape index (κ3) is 15.1. The Morgan fingerprint density at radius 1 is 0.920 bits per heavy atom. The topological polar surface area (TPSA) is 69.6 Å². The number of allylic oxidation sites excluding steroid dienone is 1. The highest BCUT2D eigenvalue weighted by Gasteiger charge is 2.17. The molecule has 0 rings (SSSR count). The molecule has 148 valence electrons. The molecule has 0 saturated heterocycles. The number of rotatable bonds is 17. The normalized spacial score (nSPS) is 13.9. The third-order valence-electron chi connectivity index (χ3n) is 4.58. The van der Waals surface area contributed by atoms with Crippen molar-refractivity contribution >= 4 is 5.91 Å². The second-order valence-electron chi connectivity index (χ2n) is 6.95. The number of aliphatic hydroxyl groups excluding tert-OH is 2. The maximum absolute atomic E-state index is 11.3. The summed E-state index contributed by atoms with van der Waals surface area (Å²) in [6.45, 7) is 3.75. The van der Waals surface area contributed by atoms with Gasteiger partial charge in [-0.3, -0.25) is 4.79 Å². The zero-order chi connectivity index (χ0) is 18.8. The molecule has 0 aliphatic carbocycles. The Morgan fingerprint density at radius 2 is 1.44 bits per heavy atom. The number of carbonyl (C=O) groups excluding carboxylic acids is 1. The highest BCUT2D eigenvalue weighted by atomic mass is 16.3. The van der Waals surface area contributed by atoms with Crippen molar-refractivity contribution in [1.29, 1.82) is 0 Å². The summed E-state index contributed by atoms with van der Waals surface area (Å²) in [5.41, 5.74) is 0. The molecule has 0 aliphatic heterocycles. The number of unbranched alkanes of at least 4 members (excludes halogenated alkanes) is 11. The van der Waals surface area contributed by atoms with Crippen LogP contribution in [-0.4, -0.2) is 34.9 Å². The van der Waals surface area contributed by atoms with Gasteiger partial charge in [0.05, 0.1) is 18.8 Å². The van der Waals surface area contributed by atoms with E-state index < -0.39 is 12.1 Å². The summed E-state index contributed by atoms with van der Waals surface area (Å²) in [5, 5.41) is 21.8. The molecule has 0 saturated carbocycles. The molecule has 4 heteroatoms. The predicted molar refractivity (Wildman–Crippen MR) is 106 cm³/mol. The summed E-state index contributed by atoms with van der Waals surface area (Å²) in [4.78, 5) is 11.3.